The van der Waals surface area contributed by atoms with Crippen LogP contribution in [0.4, 0.5) is 0 Å². The van der Waals surface area contributed by atoms with Crippen LogP contribution in [-0.4, -0.2) is 73.1 Å². The molecule has 2 amide bonds. The summed E-state index contributed by atoms with van der Waals surface area (Å²) in [6, 6.07) is 13.5. The number of ether oxygens (including phenoxy) is 1. The number of carbonyl (C=O) groups excluding carboxylic acids is 2. The second kappa shape index (κ2) is 9.02. The molecule has 1 aromatic carbocycles. The Kier molecular flexibility index (Phi) is 6.20. The third kappa shape index (κ3) is 4.74. The van der Waals surface area contributed by atoms with Gasteiger partial charge in [-0.1, -0.05) is 30.3 Å². The van der Waals surface area contributed by atoms with Gasteiger partial charge in [-0.3, -0.25) is 9.59 Å². The molecular formula is C23H29N3O4. The summed E-state index contributed by atoms with van der Waals surface area (Å²) in [5.74, 6) is 0.212. The minimum atomic E-state index is -0.494. The minimum absolute atomic E-state index is 0.0639. The Morgan fingerprint density at radius 2 is 1.90 bits per heavy atom. The second-order valence-electron chi connectivity index (χ2n) is 8.28. The van der Waals surface area contributed by atoms with Gasteiger partial charge in [0, 0.05) is 32.7 Å². The first-order valence-corrected chi connectivity index (χ1v) is 10.6. The molecule has 1 spiro atoms. The topological polar surface area (TPSA) is 75.0 Å². The van der Waals surface area contributed by atoms with Gasteiger partial charge in [-0.2, -0.15) is 0 Å². The van der Waals surface area contributed by atoms with Gasteiger partial charge in [0.25, 0.3) is 11.8 Å². The van der Waals surface area contributed by atoms with Crippen molar-refractivity contribution in [3.8, 4) is 0 Å². The summed E-state index contributed by atoms with van der Waals surface area (Å²) in [4.78, 5) is 29.2. The molecule has 0 saturated carbocycles. The van der Waals surface area contributed by atoms with Gasteiger partial charge in [0.1, 0.15) is 6.10 Å². The summed E-state index contributed by atoms with van der Waals surface area (Å²) in [6.07, 6.45) is 3.23. The molecule has 2 saturated heterocycles. The summed E-state index contributed by atoms with van der Waals surface area (Å²) in [5, 5.41) is 3.02. The van der Waals surface area contributed by atoms with Crippen LogP contribution in [0.1, 0.15) is 29.0 Å². The summed E-state index contributed by atoms with van der Waals surface area (Å²) >= 11 is 0. The van der Waals surface area contributed by atoms with E-state index in [1.165, 1.54) is 11.8 Å². The van der Waals surface area contributed by atoms with Crippen LogP contribution >= 0.6 is 0 Å². The number of hydrogen-bond acceptors (Lipinski definition) is 5. The van der Waals surface area contributed by atoms with E-state index in [-0.39, 0.29) is 11.8 Å². The molecule has 160 valence electrons. The van der Waals surface area contributed by atoms with Crippen molar-refractivity contribution in [3.05, 3.63) is 60.1 Å². The Balaban J connectivity index is 1.30. The van der Waals surface area contributed by atoms with E-state index in [0.717, 1.165) is 13.0 Å². The first-order chi connectivity index (χ1) is 14.5. The number of hydrogen-bond donors (Lipinski definition) is 1. The zero-order valence-corrected chi connectivity index (χ0v) is 17.4. The van der Waals surface area contributed by atoms with Crippen molar-refractivity contribution in [2.45, 2.75) is 31.0 Å². The van der Waals surface area contributed by atoms with Crippen molar-refractivity contribution >= 4 is 11.8 Å². The zero-order valence-electron chi connectivity index (χ0n) is 17.4. The Hall–Kier alpha value is -2.64. The largest absolute Gasteiger partial charge is 0.459 e. The normalized spacial score (nSPS) is 21.5. The fraction of sp³-hybridized carbons (Fsp3) is 0.478. The highest BCUT2D eigenvalue weighted by Gasteiger charge is 2.44. The molecule has 3 heterocycles. The average molecular weight is 412 g/mol. The van der Waals surface area contributed by atoms with E-state index in [1.807, 2.05) is 25.2 Å². The molecule has 2 aromatic rings. The molecule has 7 heteroatoms. The monoisotopic (exact) mass is 411 g/mol. The molecule has 1 aromatic heterocycles. The van der Waals surface area contributed by atoms with E-state index in [0.29, 0.717) is 44.8 Å². The van der Waals surface area contributed by atoms with Crippen molar-refractivity contribution < 1.29 is 18.7 Å². The highest BCUT2D eigenvalue weighted by molar-refractivity contribution is 5.91. The number of piperidine rings is 1. The molecule has 2 fully saturated rings. The van der Waals surface area contributed by atoms with E-state index in [1.54, 1.807) is 17.0 Å². The van der Waals surface area contributed by atoms with Gasteiger partial charge in [0.05, 0.1) is 11.9 Å². The van der Waals surface area contributed by atoms with E-state index >= 15 is 0 Å². The molecule has 7 nitrogen and oxygen atoms in total. The zero-order chi connectivity index (χ0) is 21.0. The Morgan fingerprint density at radius 3 is 2.60 bits per heavy atom. The summed E-state index contributed by atoms with van der Waals surface area (Å²) in [6.45, 7) is 3.12. The molecule has 2 aliphatic heterocycles. The number of nitrogens with one attached hydrogen (secondary N) is 1. The van der Waals surface area contributed by atoms with Crippen molar-refractivity contribution in [1.29, 1.82) is 0 Å². The highest BCUT2D eigenvalue weighted by atomic mass is 16.5. The van der Waals surface area contributed by atoms with E-state index < -0.39 is 11.7 Å². The third-order valence-corrected chi connectivity index (χ3v) is 5.97. The van der Waals surface area contributed by atoms with Crippen molar-refractivity contribution in [3.63, 3.8) is 0 Å². The molecular weight excluding hydrogens is 382 g/mol. The maximum Gasteiger partial charge on any atom is 0.289 e. The van der Waals surface area contributed by atoms with Crippen LogP contribution in [-0.2, 0) is 16.0 Å². The number of benzene rings is 1. The van der Waals surface area contributed by atoms with Gasteiger partial charge < -0.3 is 24.3 Å². The molecule has 0 aliphatic carbocycles. The maximum absolute atomic E-state index is 12.7. The lowest BCUT2D eigenvalue weighted by Crippen LogP contribution is -2.61. The fourth-order valence-electron chi connectivity index (χ4n) is 4.39. The maximum atomic E-state index is 12.7. The summed E-state index contributed by atoms with van der Waals surface area (Å²) in [5.41, 5.74) is 0.804. The minimum Gasteiger partial charge on any atom is -0.459 e. The SMILES string of the molecule is CN1CC(C(=O)NCCc2ccccc2)OC2(CCN(C(=O)c3ccco3)CC2)C1. The van der Waals surface area contributed by atoms with Gasteiger partial charge >= 0.3 is 0 Å². The van der Waals surface area contributed by atoms with Crippen LogP contribution in [0.3, 0.4) is 0 Å². The first kappa shape index (κ1) is 20.6. The van der Waals surface area contributed by atoms with Crippen molar-refractivity contribution in [1.82, 2.24) is 15.1 Å². The third-order valence-electron chi connectivity index (χ3n) is 5.97. The Morgan fingerprint density at radius 1 is 1.13 bits per heavy atom. The van der Waals surface area contributed by atoms with Crippen LogP contribution in [0.2, 0.25) is 0 Å². The van der Waals surface area contributed by atoms with Gasteiger partial charge in [0.15, 0.2) is 5.76 Å². The van der Waals surface area contributed by atoms with E-state index in [9.17, 15) is 9.59 Å². The molecule has 1 unspecified atom stereocenters. The number of furan rings is 1. The van der Waals surface area contributed by atoms with Gasteiger partial charge in [-0.05, 0) is 44.0 Å². The lowest BCUT2D eigenvalue weighted by atomic mass is 9.88. The standard InChI is InChI=1S/C23H29N3O4/c1-25-16-20(21(27)24-12-9-18-6-3-2-4-7-18)30-23(17-25)10-13-26(14-11-23)22(28)19-8-5-15-29-19/h2-8,15,20H,9-14,16-17H2,1H3,(H,24,27). The predicted octanol–water partition coefficient (Wildman–Crippen LogP) is 1.94. The van der Waals surface area contributed by atoms with Crippen molar-refractivity contribution in [2.75, 3.05) is 39.8 Å². The predicted molar refractivity (Wildman–Crippen MR) is 112 cm³/mol. The Bertz CT molecular complexity index is 845. The molecule has 0 bridgehead atoms. The number of rotatable bonds is 5. The lowest BCUT2D eigenvalue weighted by Gasteiger charge is -2.48. The number of nitrogens with zero attached hydrogens (tertiary/aromatic N) is 2. The van der Waals surface area contributed by atoms with Crippen molar-refractivity contribution in [2.24, 2.45) is 0 Å². The molecule has 4 rings (SSSR count). The van der Waals surface area contributed by atoms with E-state index in [2.05, 4.69) is 22.3 Å². The first-order valence-electron chi connectivity index (χ1n) is 10.6. The lowest BCUT2D eigenvalue weighted by molar-refractivity contribution is -0.180. The average Bonchev–Trinajstić information content (AvgIpc) is 3.29. The molecule has 30 heavy (non-hydrogen) atoms. The van der Waals surface area contributed by atoms with E-state index in [4.69, 9.17) is 9.15 Å². The molecule has 1 N–H and O–H groups in total. The van der Waals surface area contributed by atoms with Gasteiger partial charge in [0.2, 0.25) is 0 Å². The smallest absolute Gasteiger partial charge is 0.289 e. The van der Waals surface area contributed by atoms with Crippen LogP contribution < -0.4 is 5.32 Å². The van der Waals surface area contributed by atoms with Crippen LogP contribution in [0.15, 0.2) is 53.1 Å². The number of amides is 2. The second-order valence-corrected chi connectivity index (χ2v) is 8.28. The molecule has 0 radical (unpaired) electrons. The van der Waals surface area contributed by atoms with Crippen LogP contribution in [0.25, 0.3) is 0 Å². The Labute approximate surface area is 177 Å². The summed E-state index contributed by atoms with van der Waals surface area (Å²) < 4.78 is 11.6. The molecule has 2 aliphatic rings. The molecule has 1 atom stereocenters. The number of likely N-dealkylation sites (N-methyl/N-ethyl adjacent to an activating group) is 1. The van der Waals surface area contributed by atoms with Crippen LogP contribution in [0.5, 0.6) is 0 Å². The van der Waals surface area contributed by atoms with Gasteiger partial charge in [-0.25, -0.2) is 0 Å². The fourth-order valence-corrected chi connectivity index (χ4v) is 4.39. The number of morpholine rings is 1. The quantitative estimate of drug-likeness (QED) is 0.814. The number of likely N-dealkylation sites (tertiary alicyclic amines) is 1. The highest BCUT2D eigenvalue weighted by Crippen LogP contribution is 2.32. The van der Waals surface area contributed by atoms with Crippen LogP contribution in [0, 0.1) is 0 Å². The summed E-state index contributed by atoms with van der Waals surface area (Å²) in [7, 11) is 2.02. The number of carbonyl (C=O) groups is 2. The van der Waals surface area contributed by atoms with Gasteiger partial charge in [-0.15, -0.1) is 0 Å².